The van der Waals surface area contributed by atoms with Crippen LogP contribution in [-0.4, -0.2) is 141 Å². The van der Waals surface area contributed by atoms with E-state index in [-0.39, 0.29) is 73.8 Å². The second-order valence-electron chi connectivity index (χ2n) is 22.8. The molecule has 446 valence electrons. The van der Waals surface area contributed by atoms with Crippen LogP contribution in [-0.2, 0) is 40.0 Å². The molecule has 2 saturated heterocycles. The number of anilines is 1. The van der Waals surface area contributed by atoms with Crippen LogP contribution in [0, 0.1) is 30.9 Å². The lowest BCUT2D eigenvalue weighted by Crippen LogP contribution is -2.58. The molecule has 0 aliphatic carbocycles. The van der Waals surface area contributed by atoms with Crippen LogP contribution >= 0.6 is 11.3 Å². The molecule has 84 heavy (non-hydrogen) atoms. The molecule has 5 amide bonds. The third-order valence-corrected chi connectivity index (χ3v) is 16.1. The Morgan fingerprint density at radius 2 is 1.61 bits per heavy atom. The predicted molar refractivity (Wildman–Crippen MR) is 317 cm³/mol. The molecule has 22 heteroatoms. The van der Waals surface area contributed by atoms with Gasteiger partial charge in [-0.05, 0) is 92.1 Å². The molecule has 5 N–H and O–H groups in total. The highest BCUT2D eigenvalue weighted by Gasteiger charge is 2.45. The van der Waals surface area contributed by atoms with Crippen molar-refractivity contribution in [3.8, 4) is 33.0 Å². The quantitative estimate of drug-likeness (QED) is 0.0378. The van der Waals surface area contributed by atoms with Gasteiger partial charge < -0.3 is 50.3 Å². The lowest BCUT2D eigenvalue weighted by molar-refractivity contribution is -0.144. The van der Waals surface area contributed by atoms with Crippen molar-refractivity contribution in [1.29, 1.82) is 0 Å². The number of aliphatic hydroxyl groups is 1. The predicted octanol–water partition coefficient (Wildman–Crippen LogP) is 7.14. The van der Waals surface area contributed by atoms with Gasteiger partial charge in [0.05, 0.1) is 81.8 Å². The Bertz CT molecular complexity index is 3510. The Balaban J connectivity index is 0.873. The van der Waals surface area contributed by atoms with Crippen molar-refractivity contribution in [3.05, 3.63) is 135 Å². The number of pyridine rings is 2. The molecule has 8 rings (SSSR count). The molecule has 3 aromatic carbocycles. The van der Waals surface area contributed by atoms with Gasteiger partial charge in [-0.2, -0.15) is 0 Å². The SMILES string of the molecule is C=CC(=O)N1CCN(c2cc(=O)n(-c3c(C)cc(CNC(=O)COCCOCC(=O)NC(C(=O)N4C[C@H](O)C[C@H]4C(=O)NC(C)c4ccc(-c5scnc5C)cc4)C(C)(C)C)nc3C(C)C)c3cc(-c4c(O)cccc4F)c(F)cc23)C[C@H]1C. The van der Waals surface area contributed by atoms with E-state index in [9.17, 15) is 39.0 Å². The highest BCUT2D eigenvalue weighted by atomic mass is 32.1. The number of nitrogens with zero attached hydrogens (tertiary/aromatic N) is 6. The number of carbonyl (C=O) groups excluding carboxylic acids is 5. The molecule has 3 aromatic heterocycles. The number of phenolic OH excluding ortho intramolecular Hbond substituents is 1. The molecule has 2 fully saturated rings. The first-order chi connectivity index (χ1) is 39.9. The summed E-state index contributed by atoms with van der Waals surface area (Å²) < 4.78 is 44.3. The Hall–Kier alpha value is -7.92. The maximum Gasteiger partial charge on any atom is 0.257 e. The molecule has 5 atom stereocenters. The van der Waals surface area contributed by atoms with Crippen LogP contribution in [0.5, 0.6) is 5.75 Å². The number of piperazine rings is 1. The first-order valence-corrected chi connectivity index (χ1v) is 28.8. The summed E-state index contributed by atoms with van der Waals surface area (Å²) in [5, 5.41) is 30.4. The minimum atomic E-state index is -1.07. The maximum absolute atomic E-state index is 16.4. The van der Waals surface area contributed by atoms with Gasteiger partial charge in [0.2, 0.25) is 29.5 Å². The van der Waals surface area contributed by atoms with E-state index in [1.807, 2.05) is 63.8 Å². The van der Waals surface area contributed by atoms with E-state index in [0.29, 0.717) is 53.3 Å². The topological polar surface area (TPSA) is 238 Å². The molecular formula is C62H73F2N9O10S. The van der Waals surface area contributed by atoms with Crippen LogP contribution < -0.4 is 26.4 Å². The lowest BCUT2D eigenvalue weighted by atomic mass is 9.85. The van der Waals surface area contributed by atoms with Gasteiger partial charge in [0.15, 0.2) is 0 Å². The van der Waals surface area contributed by atoms with Gasteiger partial charge in [-0.25, -0.2) is 13.8 Å². The van der Waals surface area contributed by atoms with Crippen molar-refractivity contribution in [2.75, 3.05) is 57.5 Å². The lowest BCUT2D eigenvalue weighted by Gasteiger charge is -2.41. The number of aliphatic hydroxyl groups excluding tert-OH is 1. The number of phenols is 1. The van der Waals surface area contributed by atoms with E-state index < -0.39 is 82.8 Å². The summed E-state index contributed by atoms with van der Waals surface area (Å²) in [5.74, 6) is -4.74. The summed E-state index contributed by atoms with van der Waals surface area (Å²) in [5.41, 5.74) is 5.22. The van der Waals surface area contributed by atoms with Crippen LogP contribution in [0.25, 0.3) is 38.2 Å². The molecule has 0 radical (unpaired) electrons. The van der Waals surface area contributed by atoms with Crippen LogP contribution in [0.1, 0.15) is 95.1 Å². The summed E-state index contributed by atoms with van der Waals surface area (Å²) in [7, 11) is 0. The van der Waals surface area contributed by atoms with Crippen molar-refractivity contribution in [3.63, 3.8) is 0 Å². The number of hydrogen-bond acceptors (Lipinski definition) is 14. The summed E-state index contributed by atoms with van der Waals surface area (Å²) in [6.07, 6.45) is 0.333. The Morgan fingerprint density at radius 1 is 0.905 bits per heavy atom. The maximum atomic E-state index is 16.4. The van der Waals surface area contributed by atoms with Crippen LogP contribution in [0.2, 0.25) is 0 Å². The van der Waals surface area contributed by atoms with Crippen LogP contribution in [0.3, 0.4) is 0 Å². The number of halogens is 2. The zero-order valence-corrected chi connectivity index (χ0v) is 49.6. The first kappa shape index (κ1) is 62.1. The van der Waals surface area contributed by atoms with E-state index in [1.54, 1.807) is 55.5 Å². The monoisotopic (exact) mass is 1170 g/mol. The van der Waals surface area contributed by atoms with Crippen LogP contribution in [0.15, 0.2) is 89.7 Å². The number of hydrogen-bond donors (Lipinski definition) is 5. The fourth-order valence-electron chi connectivity index (χ4n) is 10.9. The average Bonchev–Trinajstić information content (AvgIpc) is 1.24. The van der Waals surface area contributed by atoms with Gasteiger partial charge >= 0.3 is 0 Å². The number of thiazole rings is 1. The standard InChI is InChI=1S/C62H73F2N9O10S/c1-11-53(78)71-20-19-70(29-36(71)5)47-27-54(79)73(48-26-43(46(64)25-44(47)48)55-45(63)13-12-14-50(55)75)57-35(4)23-41(68-56(57)34(2)3)28-65-51(76)31-82-21-22-83-32-52(77)69-59(62(8,9)10)61(81)72-30-42(74)24-49(72)60(80)67-37(6)39-15-17-40(18-16-39)58-38(7)66-33-84-58/h11-18,23,25-27,33-34,36-37,42,49,59,74-75H,1,19-22,24,28-32H2,2-10H3,(H,65,76)(H,67,80)(H,69,77)/t36-,37?,42-,49+,59?/m1/s1. The van der Waals surface area contributed by atoms with Gasteiger partial charge in [0, 0.05) is 55.7 Å². The minimum Gasteiger partial charge on any atom is -0.507 e. The average molecular weight is 1170 g/mol. The summed E-state index contributed by atoms with van der Waals surface area (Å²) in [4.78, 5) is 96.7. The number of amides is 5. The van der Waals surface area contributed by atoms with Crippen LogP contribution in [0.4, 0.5) is 14.5 Å². The molecule has 5 heterocycles. The van der Waals surface area contributed by atoms with Gasteiger partial charge in [0.1, 0.15) is 42.7 Å². The Labute approximate surface area is 490 Å². The van der Waals surface area contributed by atoms with Crippen molar-refractivity contribution < 1.29 is 52.4 Å². The molecule has 0 spiro atoms. The van der Waals surface area contributed by atoms with Gasteiger partial charge in [-0.15, -0.1) is 11.3 Å². The number of aromatic hydroxyl groups is 1. The summed E-state index contributed by atoms with van der Waals surface area (Å²) >= 11 is 1.55. The minimum absolute atomic E-state index is 0.0213. The summed E-state index contributed by atoms with van der Waals surface area (Å²) in [6.45, 7) is 20.1. The second-order valence-corrected chi connectivity index (χ2v) is 23.7. The van der Waals surface area contributed by atoms with E-state index in [0.717, 1.165) is 27.8 Å². The number of benzene rings is 3. The Kier molecular flexibility index (Phi) is 19.5. The Morgan fingerprint density at radius 3 is 2.24 bits per heavy atom. The number of nitrogens with one attached hydrogen (secondary N) is 3. The van der Waals surface area contributed by atoms with Crippen molar-refractivity contribution in [2.24, 2.45) is 5.41 Å². The molecule has 2 aliphatic rings. The molecule has 6 aromatic rings. The number of ether oxygens (including phenoxy) is 2. The highest BCUT2D eigenvalue weighted by Crippen LogP contribution is 2.40. The molecule has 19 nitrogen and oxygen atoms in total. The second kappa shape index (κ2) is 26.3. The zero-order valence-electron chi connectivity index (χ0n) is 48.8. The first-order valence-electron chi connectivity index (χ1n) is 27.9. The van der Waals surface area contributed by atoms with Crippen molar-refractivity contribution in [1.82, 2.24) is 40.3 Å². The number of carbonyl (C=O) groups is 5. The van der Waals surface area contributed by atoms with Gasteiger partial charge in [-0.3, -0.25) is 38.3 Å². The van der Waals surface area contributed by atoms with E-state index >= 15 is 8.78 Å². The van der Waals surface area contributed by atoms with E-state index in [1.165, 1.54) is 45.9 Å². The normalized spacial score (nSPS) is 17.1. The fourth-order valence-corrected chi connectivity index (χ4v) is 11.7. The third-order valence-electron chi connectivity index (χ3n) is 15.2. The molecule has 2 aliphatic heterocycles. The highest BCUT2D eigenvalue weighted by molar-refractivity contribution is 7.13. The largest absolute Gasteiger partial charge is 0.507 e. The molecule has 0 saturated carbocycles. The number of β-amino-alcohol motifs (C(OH)–C–C–N with tert-alkyl or cyclic N) is 1. The number of aromatic nitrogens is 3. The van der Waals surface area contributed by atoms with Gasteiger partial charge in [0.25, 0.3) is 5.56 Å². The van der Waals surface area contributed by atoms with E-state index in [2.05, 4.69) is 27.5 Å². The smallest absolute Gasteiger partial charge is 0.257 e. The van der Waals surface area contributed by atoms with Crippen molar-refractivity contribution >= 4 is 57.5 Å². The zero-order chi connectivity index (χ0) is 60.9. The third kappa shape index (κ3) is 13.8. The fraction of sp³-hybridized carbons (Fsp3) is 0.419. The number of likely N-dealkylation sites (tertiary alicyclic amines) is 1. The van der Waals surface area contributed by atoms with E-state index in [4.69, 9.17) is 14.5 Å². The molecule has 0 bridgehead atoms. The molecular weight excluding hydrogens is 1100 g/mol. The summed E-state index contributed by atoms with van der Waals surface area (Å²) in [6, 6.07) is 14.4. The number of rotatable bonds is 20. The number of fused-ring (bicyclic) bond motifs is 1. The number of aryl methyl sites for hydroxylation is 2. The molecule has 2 unspecified atom stereocenters. The van der Waals surface area contributed by atoms with Gasteiger partial charge in [-0.1, -0.05) is 71.5 Å². The van der Waals surface area contributed by atoms with Crippen molar-refractivity contribution in [2.45, 2.75) is 111 Å².